The Hall–Kier alpha value is -1.40. The minimum Gasteiger partial charge on any atom is -0.480 e. The van der Waals surface area contributed by atoms with Crippen LogP contribution in [0.5, 0.6) is 11.8 Å². The number of aromatic nitrogens is 2. The molecule has 2 unspecified atom stereocenters. The predicted molar refractivity (Wildman–Crippen MR) is 80.9 cm³/mol. The van der Waals surface area contributed by atoms with E-state index in [1.165, 1.54) is 19.3 Å². The van der Waals surface area contributed by atoms with Crippen molar-refractivity contribution in [1.29, 1.82) is 0 Å². The molecule has 0 spiro atoms. The van der Waals surface area contributed by atoms with Gasteiger partial charge >= 0.3 is 0 Å². The number of ether oxygens (including phenoxy) is 2. The number of nitrogens with one attached hydrogen (secondary N) is 1. The molecule has 0 amide bonds. The van der Waals surface area contributed by atoms with E-state index in [4.69, 9.17) is 15.3 Å². The molecule has 1 heterocycles. The average Bonchev–Trinajstić information content (AvgIpc) is 2.49. The molecule has 3 N–H and O–H groups in total. The second-order valence-corrected chi connectivity index (χ2v) is 6.29. The summed E-state index contributed by atoms with van der Waals surface area (Å²) in [5.41, 5.74) is 3.89. The standard InChI is InChI=1S/C15H26N4O2/c1-15(2)8-6-5-7-10(15)12(19-16)13-14(21-4)18-11(20-3)9-17-13/h9-10,12,19H,5-8,16H2,1-4H3. The van der Waals surface area contributed by atoms with Crippen molar-refractivity contribution in [3.63, 3.8) is 0 Å². The fourth-order valence-electron chi connectivity index (χ4n) is 3.35. The summed E-state index contributed by atoms with van der Waals surface area (Å²) in [5.74, 6) is 7.15. The lowest BCUT2D eigenvalue weighted by molar-refractivity contribution is 0.0950. The highest BCUT2D eigenvalue weighted by molar-refractivity contribution is 5.26. The van der Waals surface area contributed by atoms with Crippen LogP contribution in [0.1, 0.15) is 51.3 Å². The molecule has 0 bridgehead atoms. The fraction of sp³-hybridized carbons (Fsp3) is 0.733. The third-order valence-electron chi connectivity index (χ3n) is 4.61. The molecule has 2 rings (SSSR count). The van der Waals surface area contributed by atoms with Crippen molar-refractivity contribution in [2.75, 3.05) is 14.2 Å². The SMILES string of the molecule is COc1cnc(C(NN)C2CCCCC2(C)C)c(OC)n1. The molecule has 1 aliphatic carbocycles. The molecular formula is C15H26N4O2. The van der Waals surface area contributed by atoms with Crippen molar-refractivity contribution in [3.05, 3.63) is 11.9 Å². The summed E-state index contributed by atoms with van der Waals surface area (Å²) in [6.07, 6.45) is 6.42. The van der Waals surface area contributed by atoms with Crippen LogP contribution in [-0.2, 0) is 0 Å². The molecule has 1 aromatic rings. The van der Waals surface area contributed by atoms with E-state index in [9.17, 15) is 0 Å². The van der Waals surface area contributed by atoms with E-state index >= 15 is 0 Å². The van der Waals surface area contributed by atoms with E-state index in [1.54, 1.807) is 20.4 Å². The van der Waals surface area contributed by atoms with Crippen LogP contribution >= 0.6 is 0 Å². The number of nitrogens with two attached hydrogens (primary N) is 1. The first-order valence-corrected chi connectivity index (χ1v) is 7.44. The summed E-state index contributed by atoms with van der Waals surface area (Å²) in [5, 5.41) is 0. The summed E-state index contributed by atoms with van der Waals surface area (Å²) in [7, 11) is 3.15. The lowest BCUT2D eigenvalue weighted by Gasteiger charge is -2.42. The summed E-state index contributed by atoms with van der Waals surface area (Å²) >= 11 is 0. The Morgan fingerprint density at radius 2 is 2.10 bits per heavy atom. The van der Waals surface area contributed by atoms with Gasteiger partial charge in [-0.1, -0.05) is 26.7 Å². The molecule has 6 heteroatoms. The van der Waals surface area contributed by atoms with Gasteiger partial charge in [0.15, 0.2) is 0 Å². The Morgan fingerprint density at radius 1 is 1.33 bits per heavy atom. The van der Waals surface area contributed by atoms with Crippen LogP contribution in [0.15, 0.2) is 6.20 Å². The molecule has 1 aromatic heterocycles. The van der Waals surface area contributed by atoms with Gasteiger partial charge in [0, 0.05) is 0 Å². The number of nitrogens with zero attached hydrogens (tertiary/aromatic N) is 2. The van der Waals surface area contributed by atoms with Gasteiger partial charge in [-0.2, -0.15) is 4.98 Å². The maximum Gasteiger partial charge on any atom is 0.240 e. The first-order chi connectivity index (χ1) is 10.0. The van der Waals surface area contributed by atoms with Gasteiger partial charge in [0.1, 0.15) is 5.69 Å². The molecule has 2 atom stereocenters. The minimum atomic E-state index is -0.0753. The van der Waals surface area contributed by atoms with E-state index in [1.807, 2.05) is 0 Å². The molecule has 0 saturated heterocycles. The van der Waals surface area contributed by atoms with Crippen molar-refractivity contribution in [2.45, 2.75) is 45.6 Å². The Balaban J connectivity index is 2.36. The number of rotatable bonds is 5. The van der Waals surface area contributed by atoms with Crippen LogP contribution in [-0.4, -0.2) is 24.2 Å². The van der Waals surface area contributed by atoms with Crippen LogP contribution in [0.3, 0.4) is 0 Å². The fourth-order valence-corrected chi connectivity index (χ4v) is 3.35. The van der Waals surface area contributed by atoms with Gasteiger partial charge in [-0.05, 0) is 24.2 Å². The third-order valence-corrected chi connectivity index (χ3v) is 4.61. The molecular weight excluding hydrogens is 268 g/mol. The van der Waals surface area contributed by atoms with Gasteiger partial charge < -0.3 is 9.47 Å². The molecule has 1 saturated carbocycles. The van der Waals surface area contributed by atoms with Crippen LogP contribution in [0.4, 0.5) is 0 Å². The van der Waals surface area contributed by atoms with Crippen LogP contribution in [0.25, 0.3) is 0 Å². The summed E-state index contributed by atoms with van der Waals surface area (Å²) < 4.78 is 10.5. The number of hydrazine groups is 1. The Bertz CT molecular complexity index is 479. The monoisotopic (exact) mass is 294 g/mol. The first-order valence-electron chi connectivity index (χ1n) is 7.44. The molecule has 0 aromatic carbocycles. The van der Waals surface area contributed by atoms with Crippen molar-refractivity contribution in [3.8, 4) is 11.8 Å². The van der Waals surface area contributed by atoms with Crippen molar-refractivity contribution in [1.82, 2.24) is 15.4 Å². The second-order valence-electron chi connectivity index (χ2n) is 6.29. The van der Waals surface area contributed by atoms with Crippen molar-refractivity contribution < 1.29 is 9.47 Å². The normalized spacial score (nSPS) is 22.6. The van der Waals surface area contributed by atoms with Gasteiger partial charge in [0.2, 0.25) is 11.8 Å². The van der Waals surface area contributed by atoms with E-state index in [0.29, 0.717) is 17.7 Å². The van der Waals surface area contributed by atoms with Crippen LogP contribution in [0.2, 0.25) is 0 Å². The van der Waals surface area contributed by atoms with Crippen molar-refractivity contribution >= 4 is 0 Å². The lowest BCUT2D eigenvalue weighted by Crippen LogP contribution is -2.42. The van der Waals surface area contributed by atoms with Crippen LogP contribution in [0, 0.1) is 11.3 Å². The topological polar surface area (TPSA) is 82.3 Å². The quantitative estimate of drug-likeness (QED) is 0.640. The molecule has 0 aliphatic heterocycles. The molecule has 0 radical (unpaired) electrons. The van der Waals surface area contributed by atoms with Gasteiger partial charge in [0.25, 0.3) is 0 Å². The maximum absolute atomic E-state index is 5.85. The highest BCUT2D eigenvalue weighted by atomic mass is 16.5. The Morgan fingerprint density at radius 3 is 2.67 bits per heavy atom. The first kappa shape index (κ1) is 16.0. The second kappa shape index (κ2) is 6.58. The molecule has 118 valence electrons. The molecule has 1 fully saturated rings. The van der Waals surface area contributed by atoms with E-state index < -0.39 is 0 Å². The van der Waals surface area contributed by atoms with Gasteiger partial charge in [-0.25, -0.2) is 4.98 Å². The van der Waals surface area contributed by atoms with Gasteiger partial charge in [0.05, 0.1) is 26.5 Å². The molecule has 21 heavy (non-hydrogen) atoms. The predicted octanol–water partition coefficient (Wildman–Crippen LogP) is 2.21. The van der Waals surface area contributed by atoms with E-state index in [0.717, 1.165) is 12.1 Å². The largest absolute Gasteiger partial charge is 0.480 e. The summed E-state index contributed by atoms with van der Waals surface area (Å²) in [6.45, 7) is 4.59. The Kier molecular flexibility index (Phi) is 5.00. The minimum absolute atomic E-state index is 0.0753. The number of hydrogen-bond donors (Lipinski definition) is 2. The highest BCUT2D eigenvalue weighted by Crippen LogP contribution is 2.47. The van der Waals surface area contributed by atoms with Gasteiger partial charge in [-0.3, -0.25) is 11.3 Å². The third kappa shape index (κ3) is 3.27. The number of hydrogen-bond acceptors (Lipinski definition) is 6. The number of methoxy groups -OCH3 is 2. The molecule has 6 nitrogen and oxygen atoms in total. The van der Waals surface area contributed by atoms with E-state index in [2.05, 4.69) is 29.2 Å². The average molecular weight is 294 g/mol. The lowest BCUT2D eigenvalue weighted by atomic mass is 9.65. The van der Waals surface area contributed by atoms with Crippen LogP contribution < -0.4 is 20.7 Å². The zero-order chi connectivity index (χ0) is 15.5. The summed E-state index contributed by atoms with van der Waals surface area (Å²) in [6, 6.07) is -0.0753. The smallest absolute Gasteiger partial charge is 0.240 e. The molecule has 1 aliphatic rings. The zero-order valence-corrected chi connectivity index (χ0v) is 13.3. The van der Waals surface area contributed by atoms with Crippen molar-refractivity contribution in [2.24, 2.45) is 17.2 Å². The van der Waals surface area contributed by atoms with Gasteiger partial charge in [-0.15, -0.1) is 0 Å². The zero-order valence-electron chi connectivity index (χ0n) is 13.3. The maximum atomic E-state index is 5.85. The summed E-state index contributed by atoms with van der Waals surface area (Å²) in [4.78, 5) is 8.80. The highest BCUT2D eigenvalue weighted by Gasteiger charge is 2.39. The van der Waals surface area contributed by atoms with E-state index in [-0.39, 0.29) is 11.5 Å². The Labute approximate surface area is 126 Å².